The van der Waals surface area contributed by atoms with Crippen LogP contribution in [0.5, 0.6) is 11.5 Å². The molecule has 0 amide bonds. The predicted molar refractivity (Wildman–Crippen MR) is 125 cm³/mol. The Morgan fingerprint density at radius 3 is 2.07 bits per heavy atom. The quantitative estimate of drug-likeness (QED) is 0.340. The molecule has 0 aliphatic heterocycles. The van der Waals surface area contributed by atoms with E-state index in [1.54, 1.807) is 12.1 Å². The van der Waals surface area contributed by atoms with Gasteiger partial charge in [0.05, 0.1) is 0 Å². The number of nitrogens with two attached hydrogens (primary N) is 1. The summed E-state index contributed by atoms with van der Waals surface area (Å²) in [6, 6.07) is 26.1. The summed E-state index contributed by atoms with van der Waals surface area (Å²) < 4.78 is 5.83. The second kappa shape index (κ2) is 11.2. The van der Waals surface area contributed by atoms with Crippen LogP contribution in [-0.4, -0.2) is 31.3 Å². The first-order valence-corrected chi connectivity index (χ1v) is 10.4. The van der Waals surface area contributed by atoms with E-state index in [9.17, 15) is 5.11 Å². The SMILES string of the molecule is CCC(=C(c1ccc(O)cc1)c1ccc(OCCNCCN)cc1)c1ccccc1. The molecule has 0 aromatic heterocycles. The topological polar surface area (TPSA) is 67.5 Å². The first-order chi connectivity index (χ1) is 14.7. The first-order valence-electron chi connectivity index (χ1n) is 10.4. The van der Waals surface area contributed by atoms with Crippen LogP contribution in [-0.2, 0) is 0 Å². The molecule has 3 aromatic carbocycles. The predicted octanol–water partition coefficient (Wildman–Crippen LogP) is 4.69. The van der Waals surface area contributed by atoms with Crippen molar-refractivity contribution in [2.75, 3.05) is 26.2 Å². The van der Waals surface area contributed by atoms with Gasteiger partial charge in [0, 0.05) is 19.6 Å². The summed E-state index contributed by atoms with van der Waals surface area (Å²) in [4.78, 5) is 0. The molecule has 0 aliphatic rings. The molecule has 0 aliphatic carbocycles. The number of ether oxygens (including phenoxy) is 1. The highest BCUT2D eigenvalue weighted by Gasteiger charge is 2.13. The first kappa shape index (κ1) is 21.6. The van der Waals surface area contributed by atoms with Gasteiger partial charge in [-0.1, -0.05) is 61.5 Å². The highest BCUT2D eigenvalue weighted by Crippen LogP contribution is 2.35. The highest BCUT2D eigenvalue weighted by atomic mass is 16.5. The number of allylic oxidation sites excluding steroid dienone is 1. The fourth-order valence-corrected chi connectivity index (χ4v) is 3.49. The van der Waals surface area contributed by atoms with Gasteiger partial charge >= 0.3 is 0 Å². The Balaban J connectivity index is 1.93. The van der Waals surface area contributed by atoms with Gasteiger partial charge in [0.1, 0.15) is 18.1 Å². The molecule has 0 saturated carbocycles. The summed E-state index contributed by atoms with van der Waals surface area (Å²) in [5, 5.41) is 13.0. The van der Waals surface area contributed by atoms with Crippen molar-refractivity contribution in [1.29, 1.82) is 0 Å². The fourth-order valence-electron chi connectivity index (χ4n) is 3.49. The zero-order valence-corrected chi connectivity index (χ0v) is 17.5. The lowest BCUT2D eigenvalue weighted by atomic mass is 9.88. The van der Waals surface area contributed by atoms with Crippen molar-refractivity contribution in [3.8, 4) is 11.5 Å². The van der Waals surface area contributed by atoms with Gasteiger partial charge in [0.2, 0.25) is 0 Å². The molecule has 156 valence electrons. The summed E-state index contributed by atoms with van der Waals surface area (Å²) in [5.41, 5.74) is 11.3. The van der Waals surface area contributed by atoms with Gasteiger partial charge in [-0.25, -0.2) is 0 Å². The van der Waals surface area contributed by atoms with E-state index in [2.05, 4.69) is 48.6 Å². The van der Waals surface area contributed by atoms with E-state index in [0.717, 1.165) is 36.4 Å². The lowest BCUT2D eigenvalue weighted by Gasteiger charge is -2.17. The van der Waals surface area contributed by atoms with Crippen LogP contribution in [0.4, 0.5) is 0 Å². The van der Waals surface area contributed by atoms with Crippen LogP contribution in [0.25, 0.3) is 11.1 Å². The number of phenols is 1. The standard InChI is InChI=1S/C26H30N2O2/c1-2-25(20-6-4-3-5-7-20)26(21-8-12-23(29)13-9-21)22-10-14-24(15-11-22)30-19-18-28-17-16-27/h3-15,28-29H,2,16-19,27H2,1H3. The maximum atomic E-state index is 9.75. The second-order valence-electron chi connectivity index (χ2n) is 7.03. The second-order valence-corrected chi connectivity index (χ2v) is 7.03. The van der Waals surface area contributed by atoms with Crippen LogP contribution >= 0.6 is 0 Å². The molecule has 4 N–H and O–H groups in total. The van der Waals surface area contributed by atoms with E-state index < -0.39 is 0 Å². The Morgan fingerprint density at radius 2 is 1.47 bits per heavy atom. The number of hydrogen-bond acceptors (Lipinski definition) is 4. The molecule has 0 fully saturated rings. The van der Waals surface area contributed by atoms with E-state index in [1.165, 1.54) is 16.7 Å². The van der Waals surface area contributed by atoms with Gasteiger partial charge < -0.3 is 20.9 Å². The third kappa shape index (κ3) is 5.72. The zero-order chi connectivity index (χ0) is 21.2. The third-order valence-electron chi connectivity index (χ3n) is 4.95. The maximum Gasteiger partial charge on any atom is 0.119 e. The summed E-state index contributed by atoms with van der Waals surface area (Å²) >= 11 is 0. The van der Waals surface area contributed by atoms with Gasteiger partial charge in [0.25, 0.3) is 0 Å². The number of nitrogens with one attached hydrogen (secondary N) is 1. The molecule has 3 aromatic rings. The summed E-state index contributed by atoms with van der Waals surface area (Å²) in [6.45, 7) is 4.97. The van der Waals surface area contributed by atoms with E-state index in [4.69, 9.17) is 10.5 Å². The average Bonchev–Trinajstić information content (AvgIpc) is 2.79. The number of benzene rings is 3. The van der Waals surface area contributed by atoms with Gasteiger partial charge in [-0.3, -0.25) is 0 Å². The monoisotopic (exact) mass is 402 g/mol. The van der Waals surface area contributed by atoms with Crippen LogP contribution in [0, 0.1) is 0 Å². The molecule has 0 saturated heterocycles. The van der Waals surface area contributed by atoms with Crippen LogP contribution in [0.3, 0.4) is 0 Å². The summed E-state index contributed by atoms with van der Waals surface area (Å²) in [6.07, 6.45) is 0.894. The number of rotatable bonds is 10. The van der Waals surface area contributed by atoms with Gasteiger partial charge in [-0.05, 0) is 58.5 Å². The Bertz CT molecular complexity index is 933. The zero-order valence-electron chi connectivity index (χ0n) is 17.5. The molecular formula is C26H30N2O2. The molecule has 0 atom stereocenters. The van der Waals surface area contributed by atoms with Crippen LogP contribution in [0.1, 0.15) is 30.0 Å². The molecule has 0 unspecified atom stereocenters. The molecule has 0 heterocycles. The lowest BCUT2D eigenvalue weighted by molar-refractivity contribution is 0.315. The van der Waals surface area contributed by atoms with E-state index in [1.807, 2.05) is 30.3 Å². The van der Waals surface area contributed by atoms with Gasteiger partial charge in [0.15, 0.2) is 0 Å². The Kier molecular flexibility index (Phi) is 8.07. The van der Waals surface area contributed by atoms with Crippen molar-refractivity contribution in [3.63, 3.8) is 0 Å². The van der Waals surface area contributed by atoms with Gasteiger partial charge in [-0.15, -0.1) is 0 Å². The minimum Gasteiger partial charge on any atom is -0.508 e. The van der Waals surface area contributed by atoms with E-state index in [0.29, 0.717) is 13.2 Å². The largest absolute Gasteiger partial charge is 0.508 e. The molecule has 30 heavy (non-hydrogen) atoms. The minimum atomic E-state index is 0.267. The molecule has 4 nitrogen and oxygen atoms in total. The van der Waals surface area contributed by atoms with Crippen LogP contribution in [0.15, 0.2) is 78.9 Å². The maximum absolute atomic E-state index is 9.75. The molecule has 3 rings (SSSR count). The summed E-state index contributed by atoms with van der Waals surface area (Å²) in [5.74, 6) is 1.11. The van der Waals surface area contributed by atoms with E-state index >= 15 is 0 Å². The van der Waals surface area contributed by atoms with Gasteiger partial charge in [-0.2, -0.15) is 0 Å². The lowest BCUT2D eigenvalue weighted by Crippen LogP contribution is -2.26. The van der Waals surface area contributed by atoms with E-state index in [-0.39, 0.29) is 5.75 Å². The van der Waals surface area contributed by atoms with Crippen molar-refractivity contribution in [2.45, 2.75) is 13.3 Å². The van der Waals surface area contributed by atoms with Crippen molar-refractivity contribution in [3.05, 3.63) is 95.6 Å². The molecule has 4 heteroatoms. The number of hydrogen-bond donors (Lipinski definition) is 3. The smallest absolute Gasteiger partial charge is 0.119 e. The van der Waals surface area contributed by atoms with Crippen molar-refractivity contribution < 1.29 is 9.84 Å². The number of phenolic OH excluding ortho intramolecular Hbond substituents is 1. The Labute approximate surface area is 179 Å². The van der Waals surface area contributed by atoms with Crippen molar-refractivity contribution in [1.82, 2.24) is 5.32 Å². The third-order valence-corrected chi connectivity index (χ3v) is 4.95. The number of aromatic hydroxyl groups is 1. The normalized spacial score (nSPS) is 11.8. The Morgan fingerprint density at radius 1 is 0.833 bits per heavy atom. The molecule has 0 spiro atoms. The average molecular weight is 403 g/mol. The highest BCUT2D eigenvalue weighted by molar-refractivity contribution is 5.98. The van der Waals surface area contributed by atoms with Crippen LogP contribution in [0.2, 0.25) is 0 Å². The summed E-state index contributed by atoms with van der Waals surface area (Å²) in [7, 11) is 0. The molecule has 0 radical (unpaired) electrons. The van der Waals surface area contributed by atoms with Crippen molar-refractivity contribution in [2.24, 2.45) is 5.73 Å². The molecule has 0 bridgehead atoms. The molecular weight excluding hydrogens is 372 g/mol. The fraction of sp³-hybridized carbons (Fsp3) is 0.231. The Hall–Kier alpha value is -3.08. The van der Waals surface area contributed by atoms with Crippen LogP contribution < -0.4 is 15.8 Å². The van der Waals surface area contributed by atoms with Crippen molar-refractivity contribution >= 4 is 11.1 Å². The minimum absolute atomic E-state index is 0.267.